The molecule has 1 aromatic rings. The monoisotopic (exact) mass is 463 g/mol. The Bertz CT molecular complexity index is 737. The van der Waals surface area contributed by atoms with Crippen molar-refractivity contribution in [1.29, 1.82) is 0 Å². The summed E-state index contributed by atoms with van der Waals surface area (Å²) in [6.45, 7) is 10.1. The van der Waals surface area contributed by atoms with Gasteiger partial charge in [0.05, 0.1) is 17.0 Å². The Balaban J connectivity index is 3.19. The Morgan fingerprint density at radius 2 is 1.58 bits per heavy atom. The van der Waals surface area contributed by atoms with Crippen molar-refractivity contribution in [3.8, 4) is 0 Å². The molecule has 1 N–H and O–H groups in total. The number of rotatable bonds is 7. The third-order valence-electron chi connectivity index (χ3n) is 4.21. The number of esters is 1. The molecule has 0 saturated heterocycles. The first-order chi connectivity index (χ1) is 14.0. The number of amides is 1. The highest BCUT2D eigenvalue weighted by Gasteiger charge is 2.33. The van der Waals surface area contributed by atoms with Gasteiger partial charge in [-0.15, -0.1) is 0 Å². The molecule has 1 amide bonds. The van der Waals surface area contributed by atoms with E-state index in [1.54, 1.807) is 41.5 Å². The van der Waals surface area contributed by atoms with E-state index in [0.29, 0.717) is 11.3 Å². The molecule has 9 heteroatoms. The summed E-state index contributed by atoms with van der Waals surface area (Å²) >= 11 is 1.47. The van der Waals surface area contributed by atoms with Crippen molar-refractivity contribution in [3.05, 3.63) is 35.4 Å². The second kappa shape index (κ2) is 10.6. The molecular formula is C22H32F3NO4S. The number of hydrogen-bond donors (Lipinski definition) is 1. The van der Waals surface area contributed by atoms with Crippen molar-refractivity contribution in [1.82, 2.24) is 5.32 Å². The summed E-state index contributed by atoms with van der Waals surface area (Å²) in [4.78, 5) is 24.7. The molecule has 0 radical (unpaired) electrons. The van der Waals surface area contributed by atoms with Gasteiger partial charge in [0.2, 0.25) is 0 Å². The number of halogens is 3. The molecule has 5 nitrogen and oxygen atoms in total. The summed E-state index contributed by atoms with van der Waals surface area (Å²) in [5.74, 6) is -0.366. The number of alkyl carbamates (subject to hydrolysis) is 1. The van der Waals surface area contributed by atoms with Gasteiger partial charge in [-0.25, -0.2) is 4.79 Å². The van der Waals surface area contributed by atoms with Crippen LogP contribution in [0.4, 0.5) is 18.0 Å². The quantitative estimate of drug-likeness (QED) is 0.531. The number of ether oxygens (including phenoxy) is 2. The first-order valence-electron chi connectivity index (χ1n) is 9.87. The van der Waals surface area contributed by atoms with Crippen molar-refractivity contribution in [2.24, 2.45) is 5.41 Å². The fourth-order valence-corrected chi connectivity index (χ4v) is 3.43. The molecule has 0 aliphatic rings. The van der Waals surface area contributed by atoms with Crippen LogP contribution in [0.5, 0.6) is 0 Å². The molecule has 0 aliphatic carbocycles. The van der Waals surface area contributed by atoms with E-state index >= 15 is 0 Å². The molecular weight excluding hydrogens is 431 g/mol. The highest BCUT2D eigenvalue weighted by molar-refractivity contribution is 7.98. The maximum Gasteiger partial charge on any atom is 0.416 e. The van der Waals surface area contributed by atoms with Gasteiger partial charge >= 0.3 is 18.2 Å². The molecule has 0 aliphatic heterocycles. The summed E-state index contributed by atoms with van der Waals surface area (Å²) < 4.78 is 49.6. The van der Waals surface area contributed by atoms with Crippen LogP contribution in [-0.4, -0.2) is 42.3 Å². The number of hydrogen-bond acceptors (Lipinski definition) is 5. The van der Waals surface area contributed by atoms with Crippen molar-refractivity contribution < 1.29 is 32.2 Å². The van der Waals surface area contributed by atoms with E-state index in [1.165, 1.54) is 23.9 Å². The number of thioether (sulfide) groups is 1. The summed E-state index contributed by atoms with van der Waals surface area (Å²) in [5, 5.41) is 2.73. The zero-order valence-electron chi connectivity index (χ0n) is 19.1. The van der Waals surface area contributed by atoms with Gasteiger partial charge in [-0.05, 0) is 65.5 Å². The summed E-state index contributed by atoms with van der Waals surface area (Å²) in [5.41, 5.74) is -1.63. The number of carbonyl (C=O) groups is 2. The molecule has 0 saturated carbocycles. The summed E-state index contributed by atoms with van der Waals surface area (Å²) in [7, 11) is 0. The van der Waals surface area contributed by atoms with Crippen LogP contribution in [0.3, 0.4) is 0 Å². The minimum atomic E-state index is -4.44. The SMILES string of the molecule is CSC[C@H](c1ccc(C(F)(F)F)cc1)[C@H](COC(=O)C(C)(C)C)NC(=O)OC(C)(C)C. The predicted octanol–water partition coefficient (Wildman–Crippen LogP) is 5.63. The van der Waals surface area contributed by atoms with E-state index < -0.39 is 46.8 Å². The van der Waals surface area contributed by atoms with Gasteiger partial charge in [0.25, 0.3) is 0 Å². The van der Waals surface area contributed by atoms with Crippen LogP contribution < -0.4 is 5.32 Å². The van der Waals surface area contributed by atoms with Crippen LogP contribution >= 0.6 is 11.8 Å². The zero-order chi connectivity index (χ0) is 24.0. The second-order valence-electron chi connectivity index (χ2n) is 9.28. The normalized spacial score (nSPS) is 14.5. The smallest absolute Gasteiger partial charge is 0.416 e. The Hall–Kier alpha value is -1.90. The molecule has 31 heavy (non-hydrogen) atoms. The van der Waals surface area contributed by atoms with Gasteiger partial charge in [0, 0.05) is 11.7 Å². The van der Waals surface area contributed by atoms with Crippen molar-refractivity contribution in [2.75, 3.05) is 18.6 Å². The predicted molar refractivity (Wildman–Crippen MR) is 116 cm³/mol. The highest BCUT2D eigenvalue weighted by atomic mass is 32.2. The Morgan fingerprint density at radius 1 is 1.03 bits per heavy atom. The van der Waals surface area contributed by atoms with Crippen LogP contribution in [-0.2, 0) is 20.4 Å². The van der Waals surface area contributed by atoms with Gasteiger partial charge in [0.1, 0.15) is 12.2 Å². The average molecular weight is 464 g/mol. The van der Waals surface area contributed by atoms with E-state index in [0.717, 1.165) is 12.1 Å². The Kier molecular flexibility index (Phi) is 9.29. The first-order valence-corrected chi connectivity index (χ1v) is 11.3. The molecule has 0 fully saturated rings. The maximum absolute atomic E-state index is 12.9. The highest BCUT2D eigenvalue weighted by Crippen LogP contribution is 2.32. The lowest BCUT2D eigenvalue weighted by Crippen LogP contribution is -2.46. The van der Waals surface area contributed by atoms with E-state index in [-0.39, 0.29) is 6.61 Å². The second-order valence-corrected chi connectivity index (χ2v) is 10.2. The minimum Gasteiger partial charge on any atom is -0.463 e. The van der Waals surface area contributed by atoms with E-state index in [4.69, 9.17) is 9.47 Å². The van der Waals surface area contributed by atoms with Gasteiger partial charge in [-0.1, -0.05) is 12.1 Å². The standard InChI is InChI=1S/C22H32F3NO4S/c1-20(2,3)18(27)29-12-17(26-19(28)30-21(4,5)6)16(13-31-7)14-8-10-15(11-9-14)22(23,24)25/h8-11,16-17H,12-13H2,1-7H3,(H,26,28)/t16-,17+/m1/s1. The van der Waals surface area contributed by atoms with Crippen LogP contribution in [0.1, 0.15) is 58.6 Å². The van der Waals surface area contributed by atoms with Crippen LogP contribution in [0, 0.1) is 5.41 Å². The molecule has 0 unspecified atom stereocenters. The lowest BCUT2D eigenvalue weighted by molar-refractivity contribution is -0.153. The Morgan fingerprint density at radius 3 is 2.00 bits per heavy atom. The molecule has 0 spiro atoms. The third kappa shape index (κ3) is 9.41. The fraction of sp³-hybridized carbons (Fsp3) is 0.636. The summed E-state index contributed by atoms with van der Waals surface area (Å²) in [6.07, 6.45) is -3.28. The van der Waals surface area contributed by atoms with Gasteiger partial charge in [-0.3, -0.25) is 4.79 Å². The molecule has 0 aromatic heterocycles. The zero-order valence-corrected chi connectivity index (χ0v) is 19.9. The number of carbonyl (C=O) groups excluding carboxylic acids is 2. The van der Waals surface area contributed by atoms with Crippen LogP contribution in [0.25, 0.3) is 0 Å². The molecule has 0 bridgehead atoms. The van der Waals surface area contributed by atoms with Crippen LogP contribution in [0.2, 0.25) is 0 Å². The molecule has 176 valence electrons. The van der Waals surface area contributed by atoms with Gasteiger partial charge in [-0.2, -0.15) is 24.9 Å². The van der Waals surface area contributed by atoms with E-state index in [1.807, 2.05) is 6.26 Å². The number of alkyl halides is 3. The molecule has 1 rings (SSSR count). The molecule has 2 atom stereocenters. The van der Waals surface area contributed by atoms with Gasteiger partial charge < -0.3 is 14.8 Å². The van der Waals surface area contributed by atoms with E-state index in [9.17, 15) is 22.8 Å². The lowest BCUT2D eigenvalue weighted by atomic mass is 9.92. The van der Waals surface area contributed by atoms with Crippen LogP contribution in [0.15, 0.2) is 24.3 Å². The first kappa shape index (κ1) is 27.1. The maximum atomic E-state index is 12.9. The Labute approximate surface area is 186 Å². The average Bonchev–Trinajstić information content (AvgIpc) is 2.60. The number of nitrogens with one attached hydrogen (secondary N) is 1. The molecule has 1 aromatic carbocycles. The number of benzene rings is 1. The van der Waals surface area contributed by atoms with Crippen molar-refractivity contribution in [3.63, 3.8) is 0 Å². The van der Waals surface area contributed by atoms with E-state index in [2.05, 4.69) is 5.32 Å². The van der Waals surface area contributed by atoms with Crippen molar-refractivity contribution >= 4 is 23.8 Å². The summed E-state index contributed by atoms with van der Waals surface area (Å²) in [6, 6.07) is 4.10. The molecule has 0 heterocycles. The fourth-order valence-electron chi connectivity index (χ4n) is 2.64. The third-order valence-corrected chi connectivity index (χ3v) is 4.90. The lowest BCUT2D eigenvalue weighted by Gasteiger charge is -2.30. The largest absolute Gasteiger partial charge is 0.463 e. The minimum absolute atomic E-state index is 0.137. The topological polar surface area (TPSA) is 64.6 Å². The van der Waals surface area contributed by atoms with Gasteiger partial charge in [0.15, 0.2) is 0 Å². The van der Waals surface area contributed by atoms with Crippen molar-refractivity contribution in [2.45, 2.75) is 65.3 Å².